The van der Waals surface area contributed by atoms with Crippen LogP contribution in [-0.2, 0) is 13.5 Å². The lowest BCUT2D eigenvalue weighted by Crippen LogP contribution is -2.62. The summed E-state index contributed by atoms with van der Waals surface area (Å²) < 4.78 is 17.1. The Balaban J connectivity index is 1.29. The first kappa shape index (κ1) is 20.6. The number of aromatic hydroxyl groups is 1. The van der Waals surface area contributed by atoms with Crippen LogP contribution in [0.2, 0.25) is 0 Å². The minimum absolute atomic E-state index is 0.0459. The number of nitrogens with zero attached hydrogens (tertiary/aromatic N) is 5. The van der Waals surface area contributed by atoms with Gasteiger partial charge in [-0.1, -0.05) is 12.5 Å². The maximum atomic E-state index is 15.4. The van der Waals surface area contributed by atoms with Crippen LogP contribution in [0.3, 0.4) is 0 Å². The summed E-state index contributed by atoms with van der Waals surface area (Å²) in [6.07, 6.45) is 8.61. The Morgan fingerprint density at radius 1 is 1.12 bits per heavy atom. The first-order valence-corrected chi connectivity index (χ1v) is 11.9. The Morgan fingerprint density at radius 3 is 2.85 bits per heavy atom. The standard InChI is InChI=1S/C25H29FN6O/c1-31-14-17(13-27-31)15-7-8-19(23(33)11-15)21-10-16-4-3-9-32(25(16)30-29-21)22-12-18-5-2-6-20(28-18)24(22)26/h7-8,10-11,13-14,18,20,22,24,28,33H,2-6,9,12H2,1H3/t18-,20+,22+,24-/m0/s1. The van der Waals surface area contributed by atoms with Crippen molar-refractivity contribution in [2.75, 3.05) is 11.4 Å². The SMILES string of the molecule is Cn1cc(-c2ccc(-c3cc4c(nn3)N([C@@H]3C[C@@H]5CCC[C@@H](N5)[C@@H]3F)CCC4)c(O)c2)cn1. The maximum Gasteiger partial charge on any atom is 0.154 e. The second-order valence-electron chi connectivity index (χ2n) is 9.66. The molecule has 3 aliphatic rings. The molecule has 6 rings (SSSR count). The van der Waals surface area contributed by atoms with Gasteiger partial charge in [0.25, 0.3) is 0 Å². The molecule has 2 fully saturated rings. The molecular formula is C25H29FN6O. The first-order chi connectivity index (χ1) is 16.1. The molecule has 0 saturated carbocycles. The minimum Gasteiger partial charge on any atom is -0.507 e. The van der Waals surface area contributed by atoms with Crippen LogP contribution in [0.15, 0.2) is 36.7 Å². The van der Waals surface area contributed by atoms with Crippen molar-refractivity contribution in [3.63, 3.8) is 0 Å². The molecule has 3 aromatic rings. The lowest BCUT2D eigenvalue weighted by molar-refractivity contribution is 0.104. The van der Waals surface area contributed by atoms with E-state index in [4.69, 9.17) is 0 Å². The van der Waals surface area contributed by atoms with Crippen LogP contribution in [0, 0.1) is 0 Å². The van der Waals surface area contributed by atoms with E-state index in [9.17, 15) is 5.11 Å². The number of fused-ring (bicyclic) bond motifs is 3. The number of anilines is 1. The molecule has 1 aromatic carbocycles. The van der Waals surface area contributed by atoms with Crippen LogP contribution in [0.25, 0.3) is 22.4 Å². The average molecular weight is 449 g/mol. The number of phenols is 1. The summed E-state index contributed by atoms with van der Waals surface area (Å²) in [6, 6.07) is 7.79. The van der Waals surface area contributed by atoms with Gasteiger partial charge in [0.15, 0.2) is 5.82 Å². The second-order valence-corrected chi connectivity index (χ2v) is 9.66. The summed E-state index contributed by atoms with van der Waals surface area (Å²) in [4.78, 5) is 2.16. The summed E-state index contributed by atoms with van der Waals surface area (Å²) >= 11 is 0. The molecule has 0 radical (unpaired) electrons. The molecule has 2 N–H and O–H groups in total. The molecule has 4 atom stereocenters. The number of hydrogen-bond donors (Lipinski definition) is 2. The van der Waals surface area contributed by atoms with E-state index in [2.05, 4.69) is 25.5 Å². The number of nitrogens with one attached hydrogen (secondary N) is 1. The highest BCUT2D eigenvalue weighted by Crippen LogP contribution is 2.38. The number of aromatic nitrogens is 4. The van der Waals surface area contributed by atoms with Crippen LogP contribution in [0.5, 0.6) is 5.75 Å². The Morgan fingerprint density at radius 2 is 2.03 bits per heavy atom. The van der Waals surface area contributed by atoms with Gasteiger partial charge in [-0.05, 0) is 61.4 Å². The quantitative estimate of drug-likeness (QED) is 0.637. The van der Waals surface area contributed by atoms with Crippen molar-refractivity contribution in [1.82, 2.24) is 25.3 Å². The van der Waals surface area contributed by atoms with Gasteiger partial charge in [0.2, 0.25) is 0 Å². The zero-order valence-electron chi connectivity index (χ0n) is 18.8. The third-order valence-corrected chi connectivity index (χ3v) is 7.48. The van der Waals surface area contributed by atoms with Crippen LogP contribution in [0.4, 0.5) is 10.2 Å². The van der Waals surface area contributed by atoms with Crippen LogP contribution < -0.4 is 10.2 Å². The Hall–Kier alpha value is -3.00. The molecule has 0 aliphatic carbocycles. The molecule has 0 amide bonds. The van der Waals surface area contributed by atoms with Crippen molar-refractivity contribution in [2.45, 2.75) is 62.8 Å². The molecular weight excluding hydrogens is 419 g/mol. The molecule has 33 heavy (non-hydrogen) atoms. The highest BCUT2D eigenvalue weighted by atomic mass is 19.1. The number of phenolic OH excluding ortho intramolecular Hbond substituents is 1. The van der Waals surface area contributed by atoms with Crippen molar-refractivity contribution in [3.8, 4) is 28.1 Å². The summed E-state index contributed by atoms with van der Waals surface area (Å²) in [7, 11) is 1.87. The molecule has 5 heterocycles. The number of hydrogen-bond acceptors (Lipinski definition) is 6. The zero-order valence-corrected chi connectivity index (χ0v) is 18.8. The Kier molecular flexibility index (Phi) is 5.05. The van der Waals surface area contributed by atoms with E-state index in [1.807, 2.05) is 31.4 Å². The number of halogens is 1. The van der Waals surface area contributed by atoms with Gasteiger partial charge in [-0.2, -0.15) is 5.10 Å². The van der Waals surface area contributed by atoms with E-state index in [-0.39, 0.29) is 17.8 Å². The monoisotopic (exact) mass is 448 g/mol. The number of alkyl halides is 1. The predicted molar refractivity (Wildman–Crippen MR) is 125 cm³/mol. The van der Waals surface area contributed by atoms with Crippen molar-refractivity contribution >= 4 is 5.82 Å². The minimum atomic E-state index is -0.891. The summed E-state index contributed by atoms with van der Waals surface area (Å²) in [5.41, 5.74) is 4.21. The van der Waals surface area contributed by atoms with Gasteiger partial charge in [0, 0.05) is 43.0 Å². The van der Waals surface area contributed by atoms with Gasteiger partial charge >= 0.3 is 0 Å². The third-order valence-electron chi connectivity index (χ3n) is 7.48. The fraction of sp³-hybridized carbons (Fsp3) is 0.480. The maximum absolute atomic E-state index is 15.4. The van der Waals surface area contributed by atoms with E-state index in [0.717, 1.165) is 67.6 Å². The fourth-order valence-corrected chi connectivity index (χ4v) is 5.83. The van der Waals surface area contributed by atoms with Crippen molar-refractivity contribution in [1.29, 1.82) is 0 Å². The number of benzene rings is 1. The average Bonchev–Trinajstić information content (AvgIpc) is 3.27. The van der Waals surface area contributed by atoms with Crippen LogP contribution in [-0.4, -0.2) is 55.9 Å². The zero-order chi connectivity index (χ0) is 22.5. The molecule has 8 heteroatoms. The van der Waals surface area contributed by atoms with Gasteiger partial charge in [-0.25, -0.2) is 4.39 Å². The molecule has 7 nitrogen and oxygen atoms in total. The lowest BCUT2D eigenvalue weighted by Gasteiger charge is -2.48. The smallest absolute Gasteiger partial charge is 0.154 e. The lowest BCUT2D eigenvalue weighted by atomic mass is 9.81. The van der Waals surface area contributed by atoms with Crippen molar-refractivity contribution < 1.29 is 9.50 Å². The van der Waals surface area contributed by atoms with E-state index < -0.39 is 6.17 Å². The third kappa shape index (κ3) is 3.66. The molecule has 2 bridgehead atoms. The number of piperidine rings is 2. The van der Waals surface area contributed by atoms with Crippen molar-refractivity contribution in [3.05, 3.63) is 42.2 Å². The normalized spacial score (nSPS) is 26.8. The molecule has 2 aromatic heterocycles. The van der Waals surface area contributed by atoms with Gasteiger partial charge in [0.05, 0.1) is 17.9 Å². The molecule has 172 valence electrons. The highest BCUT2D eigenvalue weighted by Gasteiger charge is 2.43. The van der Waals surface area contributed by atoms with Crippen LogP contribution in [0.1, 0.15) is 37.7 Å². The summed E-state index contributed by atoms with van der Waals surface area (Å²) in [5.74, 6) is 0.970. The molecule has 3 aliphatic heterocycles. The second kappa shape index (κ2) is 8.09. The largest absolute Gasteiger partial charge is 0.507 e. The number of rotatable bonds is 3. The van der Waals surface area contributed by atoms with Gasteiger partial charge in [0.1, 0.15) is 11.9 Å². The predicted octanol–water partition coefficient (Wildman–Crippen LogP) is 3.62. The van der Waals surface area contributed by atoms with E-state index in [1.54, 1.807) is 16.9 Å². The van der Waals surface area contributed by atoms with E-state index in [1.165, 1.54) is 0 Å². The topological polar surface area (TPSA) is 79.1 Å². The van der Waals surface area contributed by atoms with Crippen LogP contribution >= 0.6 is 0 Å². The van der Waals surface area contributed by atoms with Gasteiger partial charge in [-0.15, -0.1) is 10.2 Å². The Bertz CT molecular complexity index is 1180. The highest BCUT2D eigenvalue weighted by molar-refractivity contribution is 5.74. The summed E-state index contributed by atoms with van der Waals surface area (Å²) in [6.45, 7) is 0.816. The van der Waals surface area contributed by atoms with Crippen molar-refractivity contribution in [2.24, 2.45) is 7.05 Å². The molecule has 2 saturated heterocycles. The first-order valence-electron chi connectivity index (χ1n) is 11.9. The fourth-order valence-electron chi connectivity index (χ4n) is 5.83. The number of aryl methyl sites for hydroxylation is 2. The van der Waals surface area contributed by atoms with E-state index in [0.29, 0.717) is 17.3 Å². The van der Waals surface area contributed by atoms with Gasteiger partial charge in [-0.3, -0.25) is 4.68 Å². The van der Waals surface area contributed by atoms with Gasteiger partial charge < -0.3 is 15.3 Å². The summed E-state index contributed by atoms with van der Waals surface area (Å²) in [5, 5.41) is 27.5. The van der Waals surface area contributed by atoms with E-state index >= 15 is 4.39 Å². The molecule has 0 unspecified atom stereocenters. The Labute approximate surface area is 192 Å². The molecule has 0 spiro atoms.